The van der Waals surface area contributed by atoms with E-state index in [2.05, 4.69) is 9.55 Å². The maximum atomic E-state index is 12.6. The van der Waals surface area contributed by atoms with Crippen LogP contribution in [0.1, 0.15) is 24.6 Å². The fourth-order valence-corrected chi connectivity index (χ4v) is 3.46. The van der Waals surface area contributed by atoms with Gasteiger partial charge >= 0.3 is 0 Å². The van der Waals surface area contributed by atoms with E-state index in [0.717, 1.165) is 31.8 Å². The minimum Gasteiger partial charge on any atom is -0.482 e. The first kappa shape index (κ1) is 18.7. The van der Waals surface area contributed by atoms with Gasteiger partial charge in [-0.15, -0.1) is 0 Å². The zero-order valence-corrected chi connectivity index (χ0v) is 15.7. The summed E-state index contributed by atoms with van der Waals surface area (Å²) in [5.41, 5.74) is 0. The molecule has 0 radical (unpaired) electrons. The van der Waals surface area contributed by atoms with Crippen molar-refractivity contribution in [1.29, 1.82) is 0 Å². The van der Waals surface area contributed by atoms with E-state index in [-0.39, 0.29) is 18.4 Å². The highest BCUT2D eigenvalue weighted by Crippen LogP contribution is 2.27. The lowest BCUT2D eigenvalue weighted by Gasteiger charge is -2.32. The van der Waals surface area contributed by atoms with Crippen molar-refractivity contribution >= 4 is 17.5 Å². The third-order valence-electron chi connectivity index (χ3n) is 4.61. The van der Waals surface area contributed by atoms with E-state index in [0.29, 0.717) is 23.9 Å². The molecule has 0 saturated carbocycles. The third-order valence-corrected chi connectivity index (χ3v) is 4.92. The lowest BCUT2D eigenvalue weighted by atomic mass is 9.97. The molecule has 0 bridgehead atoms. The number of halogens is 1. The number of para-hydroxylation sites is 1. The van der Waals surface area contributed by atoms with E-state index in [4.69, 9.17) is 21.1 Å². The molecule has 6 nitrogen and oxygen atoms in total. The SMILES string of the molecule is COCCn1ccnc1[C@@H]1CCCN(C(=O)COc2ccccc2Cl)C1. The highest BCUT2D eigenvalue weighted by molar-refractivity contribution is 6.32. The molecule has 1 aromatic heterocycles. The number of hydrogen-bond donors (Lipinski definition) is 0. The van der Waals surface area contributed by atoms with Crippen molar-refractivity contribution in [3.63, 3.8) is 0 Å². The predicted octanol–water partition coefficient (Wildman–Crippen LogP) is 2.97. The van der Waals surface area contributed by atoms with Gasteiger partial charge in [-0.3, -0.25) is 4.79 Å². The van der Waals surface area contributed by atoms with Gasteiger partial charge in [0.05, 0.1) is 11.6 Å². The molecule has 26 heavy (non-hydrogen) atoms. The fraction of sp³-hybridized carbons (Fsp3) is 0.474. The van der Waals surface area contributed by atoms with Crippen LogP contribution in [0.4, 0.5) is 0 Å². The number of carbonyl (C=O) groups is 1. The maximum Gasteiger partial charge on any atom is 0.260 e. The summed E-state index contributed by atoms with van der Waals surface area (Å²) in [6.07, 6.45) is 5.76. The average Bonchev–Trinajstić information content (AvgIpc) is 3.14. The number of aromatic nitrogens is 2. The summed E-state index contributed by atoms with van der Waals surface area (Å²) in [4.78, 5) is 18.9. The van der Waals surface area contributed by atoms with Gasteiger partial charge in [-0.1, -0.05) is 23.7 Å². The summed E-state index contributed by atoms with van der Waals surface area (Å²) in [5.74, 6) is 1.77. The monoisotopic (exact) mass is 377 g/mol. The largest absolute Gasteiger partial charge is 0.482 e. The molecule has 0 aliphatic carbocycles. The Hall–Kier alpha value is -2.05. The number of imidazole rings is 1. The molecule has 1 aliphatic rings. The van der Waals surface area contributed by atoms with Crippen LogP contribution in [0.25, 0.3) is 0 Å². The van der Waals surface area contributed by atoms with Gasteiger partial charge in [0, 0.05) is 45.1 Å². The second-order valence-electron chi connectivity index (χ2n) is 6.37. The van der Waals surface area contributed by atoms with Gasteiger partial charge in [0.2, 0.25) is 0 Å². The molecule has 3 rings (SSSR count). The number of hydrogen-bond acceptors (Lipinski definition) is 4. The normalized spacial score (nSPS) is 17.3. The number of rotatable bonds is 7. The highest BCUT2D eigenvalue weighted by atomic mass is 35.5. The molecule has 140 valence electrons. The van der Waals surface area contributed by atoms with Crippen molar-refractivity contribution in [2.45, 2.75) is 25.3 Å². The van der Waals surface area contributed by atoms with E-state index in [1.807, 2.05) is 29.4 Å². The van der Waals surface area contributed by atoms with Crippen LogP contribution in [0, 0.1) is 0 Å². The third kappa shape index (κ3) is 4.56. The number of ether oxygens (including phenoxy) is 2. The van der Waals surface area contributed by atoms with E-state index < -0.39 is 0 Å². The number of likely N-dealkylation sites (tertiary alicyclic amines) is 1. The zero-order chi connectivity index (χ0) is 18.4. The van der Waals surface area contributed by atoms with Gasteiger partial charge in [-0.05, 0) is 25.0 Å². The van der Waals surface area contributed by atoms with Crippen LogP contribution < -0.4 is 4.74 Å². The van der Waals surface area contributed by atoms with Crippen molar-refractivity contribution < 1.29 is 14.3 Å². The first-order valence-electron chi connectivity index (χ1n) is 8.84. The van der Waals surface area contributed by atoms with Gasteiger partial charge in [0.15, 0.2) is 6.61 Å². The summed E-state index contributed by atoms with van der Waals surface area (Å²) in [5, 5.41) is 0.511. The Morgan fingerprint density at radius 2 is 2.23 bits per heavy atom. The molecule has 1 atom stereocenters. The molecule has 7 heteroatoms. The maximum absolute atomic E-state index is 12.6. The minimum atomic E-state index is -0.0235. The smallest absolute Gasteiger partial charge is 0.260 e. The summed E-state index contributed by atoms with van der Waals surface area (Å²) >= 11 is 6.07. The molecule has 0 spiro atoms. The highest BCUT2D eigenvalue weighted by Gasteiger charge is 2.27. The average molecular weight is 378 g/mol. The fourth-order valence-electron chi connectivity index (χ4n) is 3.27. The molecular formula is C19H24ClN3O3. The Labute approximate surface area is 158 Å². The summed E-state index contributed by atoms with van der Waals surface area (Å²) < 4.78 is 12.9. The van der Waals surface area contributed by atoms with Gasteiger partial charge in [0.25, 0.3) is 5.91 Å². The van der Waals surface area contributed by atoms with Crippen molar-refractivity contribution in [3.8, 4) is 5.75 Å². The number of amides is 1. The summed E-state index contributed by atoms with van der Waals surface area (Å²) in [7, 11) is 1.69. The van der Waals surface area contributed by atoms with Gasteiger partial charge in [-0.2, -0.15) is 0 Å². The lowest BCUT2D eigenvalue weighted by molar-refractivity contribution is -0.134. The van der Waals surface area contributed by atoms with Crippen molar-refractivity contribution in [2.75, 3.05) is 33.4 Å². The predicted molar refractivity (Wildman–Crippen MR) is 99.6 cm³/mol. The van der Waals surface area contributed by atoms with Crippen LogP contribution in [0.2, 0.25) is 5.02 Å². The van der Waals surface area contributed by atoms with E-state index >= 15 is 0 Å². The quantitative estimate of drug-likeness (QED) is 0.744. The first-order valence-corrected chi connectivity index (χ1v) is 9.22. The van der Waals surface area contributed by atoms with E-state index in [1.54, 1.807) is 19.2 Å². The Balaban J connectivity index is 1.59. The topological polar surface area (TPSA) is 56.6 Å². The molecule has 1 fully saturated rings. The molecular weight excluding hydrogens is 354 g/mol. The molecule has 1 aliphatic heterocycles. The van der Waals surface area contributed by atoms with Gasteiger partial charge in [0.1, 0.15) is 11.6 Å². The van der Waals surface area contributed by atoms with Crippen molar-refractivity contribution in [3.05, 3.63) is 47.5 Å². The van der Waals surface area contributed by atoms with Crippen LogP contribution in [-0.4, -0.2) is 53.8 Å². The molecule has 1 amide bonds. The van der Waals surface area contributed by atoms with Gasteiger partial charge in [-0.25, -0.2) is 4.98 Å². The van der Waals surface area contributed by atoms with Crippen LogP contribution in [0.15, 0.2) is 36.7 Å². The Bertz CT molecular complexity index is 734. The number of methoxy groups -OCH3 is 1. The number of nitrogens with zero attached hydrogens (tertiary/aromatic N) is 3. The molecule has 0 unspecified atom stereocenters. The summed E-state index contributed by atoms with van der Waals surface area (Å²) in [6, 6.07) is 7.18. The van der Waals surface area contributed by atoms with Crippen LogP contribution in [-0.2, 0) is 16.1 Å². The number of carbonyl (C=O) groups excluding carboxylic acids is 1. The summed E-state index contributed by atoms with van der Waals surface area (Å²) in [6.45, 7) is 2.82. The van der Waals surface area contributed by atoms with E-state index in [9.17, 15) is 4.79 Å². The molecule has 1 saturated heterocycles. The Kier molecular flexibility index (Phi) is 6.52. The minimum absolute atomic E-state index is 0.00539. The molecule has 2 aromatic rings. The van der Waals surface area contributed by atoms with Crippen molar-refractivity contribution in [1.82, 2.24) is 14.5 Å². The number of piperidine rings is 1. The second kappa shape index (κ2) is 9.05. The lowest BCUT2D eigenvalue weighted by Crippen LogP contribution is -2.42. The Morgan fingerprint density at radius 3 is 3.04 bits per heavy atom. The van der Waals surface area contributed by atoms with Crippen molar-refractivity contribution in [2.24, 2.45) is 0 Å². The van der Waals surface area contributed by atoms with Gasteiger partial charge < -0.3 is 18.9 Å². The molecule has 0 N–H and O–H groups in total. The number of benzene rings is 1. The zero-order valence-electron chi connectivity index (χ0n) is 14.9. The Morgan fingerprint density at radius 1 is 1.38 bits per heavy atom. The first-order chi connectivity index (χ1) is 12.7. The van der Waals surface area contributed by atoms with Crippen LogP contribution >= 0.6 is 11.6 Å². The molecule has 2 heterocycles. The molecule has 1 aromatic carbocycles. The van der Waals surface area contributed by atoms with Crippen LogP contribution in [0.3, 0.4) is 0 Å². The standard InChI is InChI=1S/C19H24ClN3O3/c1-25-12-11-22-10-8-21-19(22)15-5-4-9-23(13-15)18(24)14-26-17-7-3-2-6-16(17)20/h2-3,6-8,10,15H,4-5,9,11-14H2,1H3/t15-/m1/s1. The van der Waals surface area contributed by atoms with Crippen LogP contribution in [0.5, 0.6) is 5.75 Å². The van der Waals surface area contributed by atoms with E-state index in [1.165, 1.54) is 0 Å². The second-order valence-corrected chi connectivity index (χ2v) is 6.78.